The molecule has 0 N–H and O–H groups in total. The van der Waals surface area contributed by atoms with Gasteiger partial charge in [0.1, 0.15) is 11.2 Å². The monoisotopic (exact) mass is 475 g/mol. The van der Waals surface area contributed by atoms with Crippen LogP contribution in [0.4, 0.5) is 11.4 Å². The third kappa shape index (κ3) is 5.27. The van der Waals surface area contributed by atoms with Gasteiger partial charge in [0.25, 0.3) is 0 Å². The zero-order valence-electron chi connectivity index (χ0n) is 20.2. The van der Waals surface area contributed by atoms with Crippen molar-refractivity contribution >= 4 is 50.1 Å². The van der Waals surface area contributed by atoms with Crippen LogP contribution < -0.4 is 9.80 Å². The predicted molar refractivity (Wildman–Crippen MR) is 146 cm³/mol. The minimum absolute atomic E-state index is 0.348. The smallest absolute Gasteiger partial charge is 0.133 e. The van der Waals surface area contributed by atoms with E-state index in [1.807, 2.05) is 23.9 Å². The summed E-state index contributed by atoms with van der Waals surface area (Å²) in [6.45, 7) is 10.7. The van der Waals surface area contributed by atoms with E-state index in [4.69, 9.17) is 13.8 Å². The van der Waals surface area contributed by atoms with Crippen molar-refractivity contribution in [2.24, 2.45) is 10.9 Å². The molecule has 0 saturated carbocycles. The average Bonchev–Trinajstić information content (AvgIpc) is 3.57. The highest BCUT2D eigenvalue weighted by molar-refractivity contribution is 8.14. The van der Waals surface area contributed by atoms with Crippen molar-refractivity contribution in [1.29, 1.82) is 0 Å². The number of furan rings is 2. The Morgan fingerprint density at radius 3 is 2.12 bits per heavy atom. The largest absolute Gasteiger partial charge is 0.464 e. The summed E-state index contributed by atoms with van der Waals surface area (Å²) in [6.07, 6.45) is 4.60. The summed E-state index contributed by atoms with van der Waals surface area (Å²) in [7, 11) is 0. The van der Waals surface area contributed by atoms with E-state index in [2.05, 4.69) is 67.0 Å². The summed E-state index contributed by atoms with van der Waals surface area (Å²) in [5.74, 6) is 1.66. The molecular formula is C28H33N3O2S. The van der Waals surface area contributed by atoms with Crippen LogP contribution >= 0.6 is 11.8 Å². The van der Waals surface area contributed by atoms with Gasteiger partial charge in [-0.1, -0.05) is 13.8 Å². The van der Waals surface area contributed by atoms with Crippen LogP contribution in [-0.4, -0.2) is 43.0 Å². The first-order valence-corrected chi connectivity index (χ1v) is 13.2. The minimum Gasteiger partial charge on any atom is -0.464 e. The maximum Gasteiger partial charge on any atom is 0.133 e. The summed E-state index contributed by atoms with van der Waals surface area (Å²) in [5.41, 5.74) is 4.39. The normalized spacial score (nSPS) is 16.0. The zero-order chi connectivity index (χ0) is 23.5. The van der Waals surface area contributed by atoms with E-state index in [0.717, 1.165) is 60.3 Å². The van der Waals surface area contributed by atoms with Crippen LogP contribution in [0.15, 0.2) is 74.9 Å². The first-order valence-electron chi connectivity index (χ1n) is 12.2. The number of hydrogen-bond acceptors (Lipinski definition) is 6. The molecule has 1 unspecified atom stereocenters. The molecule has 2 aromatic heterocycles. The molecule has 5 nitrogen and oxygen atoms in total. The molecule has 0 saturated heterocycles. The average molecular weight is 476 g/mol. The van der Waals surface area contributed by atoms with Gasteiger partial charge in [-0.25, -0.2) is 0 Å². The Labute approximate surface area is 205 Å². The summed E-state index contributed by atoms with van der Waals surface area (Å²) < 4.78 is 11.1. The summed E-state index contributed by atoms with van der Waals surface area (Å²) in [4.78, 5) is 9.88. The highest BCUT2D eigenvalue weighted by Crippen LogP contribution is 2.27. The minimum atomic E-state index is 0.348. The molecule has 6 heteroatoms. The van der Waals surface area contributed by atoms with Crippen molar-refractivity contribution in [2.45, 2.75) is 33.2 Å². The lowest BCUT2D eigenvalue weighted by molar-refractivity contribution is 0.590. The molecule has 1 aliphatic heterocycles. The lowest BCUT2D eigenvalue weighted by atomic mass is 10.1. The Hall–Kier alpha value is -2.86. The topological polar surface area (TPSA) is 45.1 Å². The van der Waals surface area contributed by atoms with Crippen LogP contribution in [0.2, 0.25) is 0 Å². The fraction of sp³-hybridized carbons (Fsp3) is 0.393. The van der Waals surface area contributed by atoms with E-state index in [1.54, 1.807) is 12.5 Å². The Morgan fingerprint density at radius 2 is 1.53 bits per heavy atom. The molecule has 5 rings (SSSR count). The van der Waals surface area contributed by atoms with Crippen molar-refractivity contribution in [1.82, 2.24) is 0 Å². The fourth-order valence-corrected chi connectivity index (χ4v) is 5.58. The van der Waals surface area contributed by atoms with Gasteiger partial charge >= 0.3 is 0 Å². The highest BCUT2D eigenvalue weighted by Gasteiger charge is 2.20. The lowest BCUT2D eigenvalue weighted by Gasteiger charge is -2.30. The number of fused-ring (bicyclic) bond motifs is 2. The van der Waals surface area contributed by atoms with Gasteiger partial charge in [-0.3, -0.25) is 4.99 Å². The summed E-state index contributed by atoms with van der Waals surface area (Å²) in [6, 6.07) is 17.5. The number of aliphatic imine (C=N–C) groups is 1. The van der Waals surface area contributed by atoms with E-state index in [-0.39, 0.29) is 0 Å². The third-order valence-corrected chi connectivity index (χ3v) is 7.40. The number of benzene rings is 2. The molecule has 0 aliphatic carbocycles. The van der Waals surface area contributed by atoms with Crippen LogP contribution in [0.25, 0.3) is 21.9 Å². The standard InChI is InChI=1S/C28H33N3O2S/c1-20(2)17-30(25-5-7-27-22(15-25)9-13-32-27)11-4-12-31(18-24-19-34-21(3)29-24)26-6-8-28-23(16-26)10-14-33-28/h5-10,13-16,20,24H,4,11-12,17-19H2,1-3H3. The molecule has 0 radical (unpaired) electrons. The Bertz CT molecular complexity index is 1270. The van der Waals surface area contributed by atoms with Crippen LogP contribution in [0.1, 0.15) is 27.2 Å². The van der Waals surface area contributed by atoms with Gasteiger partial charge in [-0.05, 0) is 67.8 Å². The van der Waals surface area contributed by atoms with Crippen molar-refractivity contribution in [3.8, 4) is 0 Å². The molecule has 1 aliphatic rings. The maximum atomic E-state index is 5.57. The second kappa shape index (κ2) is 10.2. The maximum absolute atomic E-state index is 5.57. The van der Waals surface area contributed by atoms with Gasteiger partial charge in [0.2, 0.25) is 0 Å². The third-order valence-electron chi connectivity index (χ3n) is 6.32. The molecule has 0 amide bonds. The lowest BCUT2D eigenvalue weighted by Crippen LogP contribution is -2.36. The zero-order valence-corrected chi connectivity index (χ0v) is 21.1. The molecule has 1 atom stereocenters. The quantitative estimate of drug-likeness (QED) is 0.245. The van der Waals surface area contributed by atoms with Gasteiger partial charge in [-0.15, -0.1) is 11.8 Å². The Morgan fingerprint density at radius 1 is 0.912 bits per heavy atom. The van der Waals surface area contributed by atoms with E-state index in [1.165, 1.54) is 16.4 Å². The van der Waals surface area contributed by atoms with Gasteiger partial charge < -0.3 is 18.6 Å². The van der Waals surface area contributed by atoms with E-state index in [0.29, 0.717) is 12.0 Å². The summed E-state index contributed by atoms with van der Waals surface area (Å²) in [5, 5.41) is 3.51. The SMILES string of the molecule is CC1=NC(CN(CCCN(CC(C)C)c2ccc3occc3c2)c2ccc3occc3c2)CS1. The number of anilines is 2. The molecule has 0 spiro atoms. The van der Waals surface area contributed by atoms with Gasteiger partial charge in [0, 0.05) is 54.1 Å². The number of hydrogen-bond donors (Lipinski definition) is 0. The first-order chi connectivity index (χ1) is 16.5. The van der Waals surface area contributed by atoms with Crippen LogP contribution in [0, 0.1) is 5.92 Å². The van der Waals surface area contributed by atoms with Gasteiger partial charge in [0.05, 0.1) is 23.6 Å². The molecule has 0 bridgehead atoms. The molecule has 178 valence electrons. The van der Waals surface area contributed by atoms with Crippen molar-refractivity contribution in [3.05, 3.63) is 61.1 Å². The van der Waals surface area contributed by atoms with Crippen LogP contribution in [0.3, 0.4) is 0 Å². The number of thioether (sulfide) groups is 1. The van der Waals surface area contributed by atoms with Gasteiger partial charge in [-0.2, -0.15) is 0 Å². The van der Waals surface area contributed by atoms with Crippen molar-refractivity contribution < 1.29 is 8.83 Å². The van der Waals surface area contributed by atoms with E-state index >= 15 is 0 Å². The molecule has 34 heavy (non-hydrogen) atoms. The Kier molecular flexibility index (Phi) is 6.86. The molecule has 0 fully saturated rings. The predicted octanol–water partition coefficient (Wildman–Crippen LogP) is 7.07. The van der Waals surface area contributed by atoms with E-state index in [9.17, 15) is 0 Å². The highest BCUT2D eigenvalue weighted by atomic mass is 32.2. The second-order valence-corrected chi connectivity index (χ2v) is 10.8. The number of nitrogens with zero attached hydrogens (tertiary/aromatic N) is 3. The van der Waals surface area contributed by atoms with Crippen molar-refractivity contribution in [2.75, 3.05) is 41.7 Å². The second-order valence-electron chi connectivity index (χ2n) is 9.54. The number of rotatable bonds is 10. The molecule has 3 heterocycles. The van der Waals surface area contributed by atoms with Crippen molar-refractivity contribution in [3.63, 3.8) is 0 Å². The first kappa shape index (κ1) is 22.9. The Balaban J connectivity index is 1.32. The fourth-order valence-electron chi connectivity index (χ4n) is 4.74. The van der Waals surface area contributed by atoms with Crippen LogP contribution in [0.5, 0.6) is 0 Å². The van der Waals surface area contributed by atoms with Crippen LogP contribution in [-0.2, 0) is 0 Å². The van der Waals surface area contributed by atoms with E-state index < -0.39 is 0 Å². The summed E-state index contributed by atoms with van der Waals surface area (Å²) >= 11 is 1.87. The molecule has 4 aromatic rings. The van der Waals surface area contributed by atoms with Gasteiger partial charge in [0.15, 0.2) is 0 Å². The molecular weight excluding hydrogens is 442 g/mol. The molecule has 2 aromatic carbocycles.